The van der Waals surface area contributed by atoms with E-state index in [4.69, 9.17) is 5.73 Å². The maximum Gasteiger partial charge on any atom is 0.234 e. The molecule has 0 bridgehead atoms. The monoisotopic (exact) mass is 211 g/mol. The first-order chi connectivity index (χ1) is 7.22. The molecule has 0 radical (unpaired) electrons. The molecule has 0 aromatic rings. The zero-order valence-corrected chi connectivity index (χ0v) is 9.48. The maximum atomic E-state index is 11.3. The highest BCUT2D eigenvalue weighted by atomic mass is 16.1. The summed E-state index contributed by atoms with van der Waals surface area (Å²) in [4.78, 5) is 16.1. The smallest absolute Gasteiger partial charge is 0.234 e. The molecule has 2 rings (SSSR count). The fourth-order valence-electron chi connectivity index (χ4n) is 2.71. The summed E-state index contributed by atoms with van der Waals surface area (Å²) in [7, 11) is 0. The first-order valence-electron chi connectivity index (χ1n) is 5.99. The summed E-state index contributed by atoms with van der Waals surface area (Å²) in [5.74, 6) is -0.135. The van der Waals surface area contributed by atoms with Gasteiger partial charge in [-0.25, -0.2) is 0 Å². The largest absolute Gasteiger partial charge is 0.368 e. The van der Waals surface area contributed by atoms with Crippen LogP contribution in [-0.2, 0) is 4.79 Å². The lowest BCUT2D eigenvalue weighted by atomic mass is 9.96. The van der Waals surface area contributed by atoms with Crippen LogP contribution in [0, 0.1) is 0 Å². The van der Waals surface area contributed by atoms with Crippen molar-refractivity contribution in [3.63, 3.8) is 0 Å². The van der Waals surface area contributed by atoms with Crippen molar-refractivity contribution in [1.29, 1.82) is 0 Å². The third-order valence-electron chi connectivity index (χ3n) is 3.73. The van der Waals surface area contributed by atoms with Gasteiger partial charge in [-0.15, -0.1) is 0 Å². The molecule has 2 N–H and O–H groups in total. The van der Waals surface area contributed by atoms with Crippen LogP contribution in [0.15, 0.2) is 0 Å². The van der Waals surface area contributed by atoms with E-state index < -0.39 is 0 Å². The van der Waals surface area contributed by atoms with Crippen LogP contribution in [0.25, 0.3) is 0 Å². The predicted molar refractivity (Wildman–Crippen MR) is 59.4 cm³/mol. The number of hydrogen-bond donors (Lipinski definition) is 1. The zero-order chi connectivity index (χ0) is 10.8. The van der Waals surface area contributed by atoms with Crippen LogP contribution in [0.3, 0.4) is 0 Å². The highest BCUT2D eigenvalue weighted by molar-refractivity contribution is 5.80. The van der Waals surface area contributed by atoms with E-state index in [1.807, 2.05) is 0 Å². The summed E-state index contributed by atoms with van der Waals surface area (Å²) >= 11 is 0. The van der Waals surface area contributed by atoms with E-state index in [1.54, 1.807) is 0 Å². The van der Waals surface area contributed by atoms with Crippen molar-refractivity contribution in [1.82, 2.24) is 9.80 Å². The number of hydrogen-bond acceptors (Lipinski definition) is 3. The summed E-state index contributed by atoms with van der Waals surface area (Å²) in [6, 6.07) is 0.575. The second-order valence-electron chi connectivity index (χ2n) is 4.66. The average molecular weight is 211 g/mol. The molecule has 1 unspecified atom stereocenters. The second kappa shape index (κ2) is 4.49. The van der Waals surface area contributed by atoms with Crippen LogP contribution in [0.1, 0.15) is 26.2 Å². The molecule has 0 aromatic carbocycles. The topological polar surface area (TPSA) is 49.6 Å². The molecule has 2 fully saturated rings. The fraction of sp³-hybridized carbons (Fsp3) is 0.909. The van der Waals surface area contributed by atoms with Crippen LogP contribution in [0.4, 0.5) is 0 Å². The maximum absolute atomic E-state index is 11.3. The SMILES string of the molecule is CCN1CC(N2CCCCC2C(N)=O)C1. The lowest BCUT2D eigenvalue weighted by molar-refractivity contribution is -0.127. The number of primary amides is 1. The van der Waals surface area contributed by atoms with E-state index in [-0.39, 0.29) is 11.9 Å². The third-order valence-corrected chi connectivity index (χ3v) is 3.73. The Morgan fingerprint density at radius 3 is 2.73 bits per heavy atom. The predicted octanol–water partition coefficient (Wildman–Crippen LogP) is 0.0303. The molecule has 0 aliphatic carbocycles. The average Bonchev–Trinajstić information content (AvgIpc) is 2.16. The molecule has 4 nitrogen and oxygen atoms in total. The molecule has 15 heavy (non-hydrogen) atoms. The molecule has 1 atom stereocenters. The minimum Gasteiger partial charge on any atom is -0.368 e. The highest BCUT2D eigenvalue weighted by Gasteiger charge is 2.37. The number of likely N-dealkylation sites (tertiary alicyclic amines) is 2. The van der Waals surface area contributed by atoms with Gasteiger partial charge in [0, 0.05) is 19.1 Å². The van der Waals surface area contributed by atoms with Crippen molar-refractivity contribution in [2.24, 2.45) is 5.73 Å². The molecule has 2 aliphatic rings. The molecule has 86 valence electrons. The van der Waals surface area contributed by atoms with Gasteiger partial charge in [-0.1, -0.05) is 13.3 Å². The molecule has 1 amide bonds. The van der Waals surface area contributed by atoms with Gasteiger partial charge in [-0.3, -0.25) is 9.69 Å². The van der Waals surface area contributed by atoms with Crippen LogP contribution >= 0.6 is 0 Å². The lowest BCUT2D eigenvalue weighted by Gasteiger charge is -2.48. The van der Waals surface area contributed by atoms with Crippen LogP contribution in [0.5, 0.6) is 0 Å². The minimum atomic E-state index is -0.135. The Kier molecular flexibility index (Phi) is 3.26. The molecule has 0 spiro atoms. The van der Waals surface area contributed by atoms with Crippen molar-refractivity contribution < 1.29 is 4.79 Å². The van der Waals surface area contributed by atoms with Gasteiger partial charge in [0.05, 0.1) is 6.04 Å². The standard InChI is InChI=1S/C11H21N3O/c1-2-13-7-9(8-13)14-6-4-3-5-10(14)11(12)15/h9-10H,2-8H2,1H3,(H2,12,15). The summed E-state index contributed by atoms with van der Waals surface area (Å²) in [5.41, 5.74) is 5.45. The number of carbonyl (C=O) groups is 1. The van der Waals surface area contributed by atoms with Gasteiger partial charge in [0.15, 0.2) is 0 Å². The van der Waals surface area contributed by atoms with E-state index in [0.717, 1.165) is 39.0 Å². The lowest BCUT2D eigenvalue weighted by Crippen LogP contribution is -2.64. The number of rotatable bonds is 3. The Labute approximate surface area is 91.4 Å². The number of amides is 1. The van der Waals surface area contributed by atoms with E-state index in [9.17, 15) is 4.79 Å². The molecule has 2 saturated heterocycles. The second-order valence-corrected chi connectivity index (χ2v) is 4.66. The van der Waals surface area contributed by atoms with E-state index in [2.05, 4.69) is 16.7 Å². The van der Waals surface area contributed by atoms with E-state index in [1.165, 1.54) is 6.42 Å². The summed E-state index contributed by atoms with van der Waals surface area (Å²) < 4.78 is 0. The molecular weight excluding hydrogens is 190 g/mol. The number of likely N-dealkylation sites (N-methyl/N-ethyl adjacent to an activating group) is 1. The molecule has 0 aromatic heterocycles. The summed E-state index contributed by atoms with van der Waals surface area (Å²) in [5, 5.41) is 0. The quantitative estimate of drug-likeness (QED) is 0.716. The Hall–Kier alpha value is -0.610. The normalized spacial score (nSPS) is 30.1. The van der Waals surface area contributed by atoms with Gasteiger partial charge in [0.1, 0.15) is 0 Å². The van der Waals surface area contributed by atoms with Crippen LogP contribution in [-0.4, -0.2) is 54.0 Å². The number of carbonyl (C=O) groups excluding carboxylic acids is 1. The fourth-order valence-corrected chi connectivity index (χ4v) is 2.71. The van der Waals surface area contributed by atoms with Gasteiger partial charge >= 0.3 is 0 Å². The van der Waals surface area contributed by atoms with E-state index >= 15 is 0 Å². The minimum absolute atomic E-state index is 0.00255. The van der Waals surface area contributed by atoms with E-state index in [0.29, 0.717) is 6.04 Å². The Balaban J connectivity index is 1.91. The first-order valence-corrected chi connectivity index (χ1v) is 5.99. The number of piperidine rings is 1. The molecule has 2 aliphatic heterocycles. The van der Waals surface area contributed by atoms with Crippen molar-refractivity contribution in [3.05, 3.63) is 0 Å². The summed E-state index contributed by atoms with van der Waals surface area (Å²) in [6.07, 6.45) is 3.32. The van der Waals surface area contributed by atoms with Crippen LogP contribution < -0.4 is 5.73 Å². The zero-order valence-electron chi connectivity index (χ0n) is 9.48. The van der Waals surface area contributed by atoms with Gasteiger partial charge in [0.2, 0.25) is 5.91 Å². The van der Waals surface area contributed by atoms with Crippen LogP contribution in [0.2, 0.25) is 0 Å². The Bertz CT molecular complexity index is 238. The van der Waals surface area contributed by atoms with Gasteiger partial charge in [-0.05, 0) is 25.9 Å². The Morgan fingerprint density at radius 2 is 2.13 bits per heavy atom. The first kappa shape index (κ1) is 10.9. The van der Waals surface area contributed by atoms with Crippen molar-refractivity contribution in [2.45, 2.75) is 38.3 Å². The van der Waals surface area contributed by atoms with Gasteiger partial charge in [-0.2, -0.15) is 0 Å². The molecule has 0 saturated carbocycles. The van der Waals surface area contributed by atoms with Crippen molar-refractivity contribution in [2.75, 3.05) is 26.2 Å². The van der Waals surface area contributed by atoms with Crippen molar-refractivity contribution >= 4 is 5.91 Å². The molecular formula is C11H21N3O. The summed E-state index contributed by atoms with van der Waals surface area (Å²) in [6.45, 7) is 6.57. The van der Waals surface area contributed by atoms with Gasteiger partial charge < -0.3 is 10.6 Å². The highest BCUT2D eigenvalue weighted by Crippen LogP contribution is 2.24. The third kappa shape index (κ3) is 2.16. The van der Waals surface area contributed by atoms with Crippen molar-refractivity contribution in [3.8, 4) is 0 Å². The molecule has 2 heterocycles. The Morgan fingerprint density at radius 1 is 1.40 bits per heavy atom. The molecule has 4 heteroatoms. The van der Waals surface area contributed by atoms with Gasteiger partial charge in [0.25, 0.3) is 0 Å². The number of nitrogens with zero attached hydrogens (tertiary/aromatic N) is 2. The number of nitrogens with two attached hydrogens (primary N) is 1.